The van der Waals surface area contributed by atoms with Crippen molar-refractivity contribution >= 4 is 23.4 Å². The molecule has 0 radical (unpaired) electrons. The van der Waals surface area contributed by atoms with E-state index in [4.69, 9.17) is 21.1 Å². The van der Waals surface area contributed by atoms with E-state index >= 15 is 0 Å². The average Bonchev–Trinajstić information content (AvgIpc) is 2.75. The largest absolute Gasteiger partial charge is 0.493 e. The molecule has 0 fully saturated rings. The van der Waals surface area contributed by atoms with Gasteiger partial charge in [-0.3, -0.25) is 9.59 Å². The molecule has 0 aliphatic heterocycles. The van der Waals surface area contributed by atoms with E-state index < -0.39 is 6.04 Å². The lowest BCUT2D eigenvalue weighted by molar-refractivity contribution is -0.142. The van der Waals surface area contributed by atoms with Gasteiger partial charge in [-0.25, -0.2) is 0 Å². The maximum atomic E-state index is 13.0. The molecule has 0 spiro atoms. The number of benzene rings is 2. The van der Waals surface area contributed by atoms with Gasteiger partial charge in [-0.2, -0.15) is 0 Å². The average molecular weight is 433 g/mol. The van der Waals surface area contributed by atoms with Crippen molar-refractivity contribution in [3.8, 4) is 11.5 Å². The highest BCUT2D eigenvalue weighted by Crippen LogP contribution is 2.26. The van der Waals surface area contributed by atoms with Crippen LogP contribution in [0.5, 0.6) is 11.5 Å². The molecule has 2 aromatic rings. The number of carbonyl (C=O) groups excluding carboxylic acids is 2. The molecule has 1 N–H and O–H groups in total. The van der Waals surface area contributed by atoms with Crippen LogP contribution in [0.3, 0.4) is 0 Å². The Hall–Kier alpha value is -2.73. The Bertz CT molecular complexity index is 843. The van der Waals surface area contributed by atoms with Crippen molar-refractivity contribution in [2.45, 2.75) is 39.3 Å². The number of ether oxygens (including phenoxy) is 2. The molecule has 0 aliphatic carbocycles. The highest BCUT2D eigenvalue weighted by molar-refractivity contribution is 6.30. The molecular weight excluding hydrogens is 404 g/mol. The van der Waals surface area contributed by atoms with Gasteiger partial charge in [0.25, 0.3) is 5.91 Å². The molecule has 2 aromatic carbocycles. The number of hydrogen-bond donors (Lipinski definition) is 1. The van der Waals surface area contributed by atoms with E-state index in [2.05, 4.69) is 12.2 Å². The molecule has 7 heteroatoms. The van der Waals surface area contributed by atoms with Gasteiger partial charge in [0.1, 0.15) is 6.04 Å². The van der Waals surface area contributed by atoms with Gasteiger partial charge in [0, 0.05) is 18.1 Å². The SMILES string of the molecule is CCCCNC(=O)C(C)N(Cc1cccc(Cl)c1)C(=O)COc1ccccc1OC. The summed E-state index contributed by atoms with van der Waals surface area (Å²) in [4.78, 5) is 27.1. The minimum Gasteiger partial charge on any atom is -0.493 e. The van der Waals surface area contributed by atoms with E-state index in [0.717, 1.165) is 18.4 Å². The zero-order valence-corrected chi connectivity index (χ0v) is 18.4. The molecular formula is C23H29ClN2O4. The summed E-state index contributed by atoms with van der Waals surface area (Å²) in [5, 5.41) is 3.46. The summed E-state index contributed by atoms with van der Waals surface area (Å²) in [5.74, 6) is 0.503. The highest BCUT2D eigenvalue weighted by Gasteiger charge is 2.26. The summed E-state index contributed by atoms with van der Waals surface area (Å²) in [6.45, 7) is 4.38. The first-order chi connectivity index (χ1) is 14.5. The fourth-order valence-corrected chi connectivity index (χ4v) is 3.12. The van der Waals surface area contributed by atoms with Crippen molar-refractivity contribution in [2.75, 3.05) is 20.3 Å². The molecule has 30 heavy (non-hydrogen) atoms. The van der Waals surface area contributed by atoms with Crippen LogP contribution in [-0.4, -0.2) is 43.0 Å². The number of unbranched alkanes of at least 4 members (excludes halogenated alkanes) is 1. The number of methoxy groups -OCH3 is 1. The van der Waals surface area contributed by atoms with Gasteiger partial charge in [0.15, 0.2) is 18.1 Å². The lowest BCUT2D eigenvalue weighted by Gasteiger charge is -2.29. The summed E-state index contributed by atoms with van der Waals surface area (Å²) in [7, 11) is 1.54. The standard InChI is InChI=1S/C23H29ClN2O4/c1-4-5-13-25-23(28)17(2)26(15-18-9-8-10-19(24)14-18)22(27)16-30-21-12-7-6-11-20(21)29-3/h6-12,14,17H,4-5,13,15-16H2,1-3H3,(H,25,28). The molecule has 0 saturated carbocycles. The van der Waals surface area contributed by atoms with Crippen molar-refractivity contribution in [3.05, 3.63) is 59.1 Å². The molecule has 0 saturated heterocycles. The lowest BCUT2D eigenvalue weighted by Crippen LogP contribution is -2.49. The molecule has 1 unspecified atom stereocenters. The summed E-state index contributed by atoms with van der Waals surface area (Å²) in [6.07, 6.45) is 1.87. The Kier molecular flexibility index (Phi) is 9.48. The number of carbonyl (C=O) groups is 2. The zero-order valence-electron chi connectivity index (χ0n) is 17.7. The summed E-state index contributed by atoms with van der Waals surface area (Å²) < 4.78 is 10.9. The first-order valence-electron chi connectivity index (χ1n) is 10.0. The first-order valence-corrected chi connectivity index (χ1v) is 10.4. The van der Waals surface area contributed by atoms with E-state index in [1.165, 1.54) is 12.0 Å². The molecule has 1 atom stereocenters. The van der Waals surface area contributed by atoms with E-state index in [0.29, 0.717) is 23.1 Å². The van der Waals surface area contributed by atoms with Gasteiger partial charge in [0.05, 0.1) is 7.11 Å². The van der Waals surface area contributed by atoms with Crippen LogP contribution in [0.2, 0.25) is 5.02 Å². The predicted molar refractivity (Wildman–Crippen MR) is 118 cm³/mol. The van der Waals surface area contributed by atoms with Gasteiger partial charge < -0.3 is 19.7 Å². The Morgan fingerprint density at radius 3 is 2.53 bits per heavy atom. The van der Waals surface area contributed by atoms with Crippen LogP contribution in [0.1, 0.15) is 32.3 Å². The quantitative estimate of drug-likeness (QED) is 0.544. The summed E-state index contributed by atoms with van der Waals surface area (Å²) >= 11 is 6.09. The summed E-state index contributed by atoms with van der Waals surface area (Å²) in [5.41, 5.74) is 0.835. The zero-order chi connectivity index (χ0) is 21.9. The van der Waals surface area contributed by atoms with Crippen molar-refractivity contribution in [1.82, 2.24) is 10.2 Å². The fourth-order valence-electron chi connectivity index (χ4n) is 2.91. The topological polar surface area (TPSA) is 67.9 Å². The predicted octanol–water partition coefficient (Wildman–Crippen LogP) is 4.06. The molecule has 6 nitrogen and oxygen atoms in total. The maximum Gasteiger partial charge on any atom is 0.261 e. The van der Waals surface area contributed by atoms with Crippen LogP contribution >= 0.6 is 11.6 Å². The third-order valence-electron chi connectivity index (χ3n) is 4.66. The van der Waals surface area contributed by atoms with E-state index in [1.54, 1.807) is 37.3 Å². The minimum atomic E-state index is -0.658. The molecule has 2 amide bonds. The molecule has 0 bridgehead atoms. The second-order valence-electron chi connectivity index (χ2n) is 6.91. The van der Waals surface area contributed by atoms with Crippen LogP contribution in [0, 0.1) is 0 Å². The smallest absolute Gasteiger partial charge is 0.261 e. The lowest BCUT2D eigenvalue weighted by atomic mass is 10.1. The Labute approximate surface area is 183 Å². The van der Waals surface area contributed by atoms with Crippen LogP contribution in [0.25, 0.3) is 0 Å². The van der Waals surface area contributed by atoms with Crippen LogP contribution in [-0.2, 0) is 16.1 Å². The van der Waals surface area contributed by atoms with Crippen molar-refractivity contribution in [3.63, 3.8) is 0 Å². The minimum absolute atomic E-state index is 0.198. The van der Waals surface area contributed by atoms with Gasteiger partial charge in [-0.05, 0) is 43.2 Å². The third kappa shape index (κ3) is 6.95. The first kappa shape index (κ1) is 23.5. The Morgan fingerprint density at radius 1 is 1.13 bits per heavy atom. The molecule has 0 aliphatic rings. The van der Waals surface area contributed by atoms with Crippen LogP contribution < -0.4 is 14.8 Å². The number of rotatable bonds is 11. The van der Waals surface area contributed by atoms with Crippen molar-refractivity contribution < 1.29 is 19.1 Å². The second kappa shape index (κ2) is 12.1. The second-order valence-corrected chi connectivity index (χ2v) is 7.35. The third-order valence-corrected chi connectivity index (χ3v) is 4.89. The molecule has 162 valence electrons. The van der Waals surface area contributed by atoms with Gasteiger partial charge in [0.2, 0.25) is 5.91 Å². The summed E-state index contributed by atoms with van der Waals surface area (Å²) in [6, 6.07) is 13.7. The van der Waals surface area contributed by atoms with Crippen molar-refractivity contribution in [2.24, 2.45) is 0 Å². The van der Waals surface area contributed by atoms with Gasteiger partial charge in [-0.1, -0.05) is 49.2 Å². The highest BCUT2D eigenvalue weighted by atomic mass is 35.5. The van der Waals surface area contributed by atoms with E-state index in [9.17, 15) is 9.59 Å². The van der Waals surface area contributed by atoms with Crippen LogP contribution in [0.4, 0.5) is 0 Å². The molecule has 2 rings (SSSR count). The number of halogens is 1. The van der Waals surface area contributed by atoms with Crippen LogP contribution in [0.15, 0.2) is 48.5 Å². The van der Waals surface area contributed by atoms with Crippen molar-refractivity contribution in [1.29, 1.82) is 0 Å². The molecule has 0 heterocycles. The van der Waals surface area contributed by atoms with E-state index in [1.807, 2.05) is 18.2 Å². The number of nitrogens with one attached hydrogen (secondary N) is 1. The fraction of sp³-hybridized carbons (Fsp3) is 0.391. The molecule has 0 aromatic heterocycles. The Morgan fingerprint density at radius 2 is 1.87 bits per heavy atom. The van der Waals surface area contributed by atoms with Gasteiger partial charge >= 0.3 is 0 Å². The number of amides is 2. The number of hydrogen-bond acceptors (Lipinski definition) is 4. The normalized spacial score (nSPS) is 11.5. The monoisotopic (exact) mass is 432 g/mol. The number of nitrogens with zero attached hydrogens (tertiary/aromatic N) is 1. The Balaban J connectivity index is 2.14. The number of para-hydroxylation sites is 2. The van der Waals surface area contributed by atoms with Gasteiger partial charge in [-0.15, -0.1) is 0 Å². The maximum absolute atomic E-state index is 13.0. The van der Waals surface area contributed by atoms with E-state index in [-0.39, 0.29) is 25.0 Å².